The van der Waals surface area contributed by atoms with E-state index >= 15 is 0 Å². The Morgan fingerprint density at radius 2 is 1.33 bits per heavy atom. The first-order chi connectivity index (χ1) is 32.1. The van der Waals surface area contributed by atoms with Gasteiger partial charge < -0.3 is 44.6 Å². The smallest absolute Gasteiger partial charge is 0.407 e. The number of aromatic amines is 2. The predicted octanol–water partition coefficient (Wildman–Crippen LogP) is 8.48. The number of hydrogen-bond acceptors (Lipinski definition) is 9. The van der Waals surface area contributed by atoms with Gasteiger partial charge in [-0.3, -0.25) is 9.59 Å². The number of ether oxygens (including phenoxy) is 3. The third-order valence-electron chi connectivity index (χ3n) is 14.1. The van der Waals surface area contributed by atoms with Crippen molar-refractivity contribution in [3.8, 4) is 11.1 Å². The second-order valence-electron chi connectivity index (χ2n) is 18.1. The number of nitrogens with zero attached hydrogens (tertiary/aromatic N) is 4. The Kier molecular flexibility index (Phi) is 11.3. The number of H-pyrrole nitrogens is 2. The number of aromatic nitrogens is 4. The van der Waals surface area contributed by atoms with Gasteiger partial charge >= 0.3 is 12.2 Å². The van der Waals surface area contributed by atoms with Crippen LogP contribution in [0.4, 0.5) is 9.59 Å². The fraction of sp³-hybridized carbons (Fsp3) is 0.373. The summed E-state index contributed by atoms with van der Waals surface area (Å²) >= 11 is 0. The molecule has 10 rings (SSSR count). The SMILES string of the molecule is CC[C@H](C)[C@H](NC(=O)OC)C(=O)N1[C@@H]2CC2C[C@H]1c1nc2ccc3cc(-c4ccc5c(ccc6nc([C@@H]7C[C@H](COC)CN7C(=O)[C@H](NC(=O)OC)c7ccccc7)[nH]c65)c4)ccc3c2[nH]1. The van der Waals surface area contributed by atoms with E-state index in [1.165, 1.54) is 14.2 Å². The number of likely N-dealkylation sites (tertiary alicyclic amines) is 2. The van der Waals surface area contributed by atoms with E-state index in [1.54, 1.807) is 12.0 Å². The molecule has 1 unspecified atom stereocenters. The summed E-state index contributed by atoms with van der Waals surface area (Å²) in [4.78, 5) is 74.4. The molecule has 1 aliphatic carbocycles. The van der Waals surface area contributed by atoms with Gasteiger partial charge in [0, 0.05) is 36.4 Å². The topological polar surface area (TPSA) is 184 Å². The van der Waals surface area contributed by atoms with Gasteiger partial charge in [0.25, 0.3) is 5.91 Å². The minimum Gasteiger partial charge on any atom is -0.453 e. The molecule has 340 valence electrons. The molecule has 2 aliphatic heterocycles. The highest BCUT2D eigenvalue weighted by atomic mass is 16.5. The third-order valence-corrected chi connectivity index (χ3v) is 14.1. The lowest BCUT2D eigenvalue weighted by Gasteiger charge is -2.32. The molecule has 0 radical (unpaired) electrons. The van der Waals surface area contributed by atoms with Gasteiger partial charge in [-0.2, -0.15) is 0 Å². The second kappa shape index (κ2) is 17.4. The van der Waals surface area contributed by atoms with Crippen LogP contribution in [0.25, 0.3) is 54.7 Å². The number of fused-ring (bicyclic) bond motifs is 7. The number of carbonyl (C=O) groups excluding carboxylic acids is 4. The van der Waals surface area contributed by atoms with Gasteiger partial charge in [-0.1, -0.05) is 87.0 Å². The molecular weight excluding hydrogens is 837 g/mol. The summed E-state index contributed by atoms with van der Waals surface area (Å²) in [6.45, 7) is 4.92. The van der Waals surface area contributed by atoms with Crippen molar-refractivity contribution in [1.82, 2.24) is 40.4 Å². The van der Waals surface area contributed by atoms with E-state index in [9.17, 15) is 19.2 Å². The van der Waals surface area contributed by atoms with Gasteiger partial charge in [0.15, 0.2) is 0 Å². The zero-order valence-electron chi connectivity index (χ0n) is 37.7. The van der Waals surface area contributed by atoms with Crippen LogP contribution in [0.2, 0.25) is 0 Å². The molecule has 2 saturated heterocycles. The van der Waals surface area contributed by atoms with E-state index in [2.05, 4.69) is 69.1 Å². The molecule has 0 spiro atoms. The predicted molar refractivity (Wildman–Crippen MR) is 250 cm³/mol. The fourth-order valence-electron chi connectivity index (χ4n) is 10.4. The normalized spacial score (nSPS) is 21.5. The van der Waals surface area contributed by atoms with E-state index in [-0.39, 0.29) is 41.8 Å². The van der Waals surface area contributed by atoms with Crippen LogP contribution >= 0.6 is 0 Å². The average Bonchev–Trinajstić information content (AvgIpc) is 3.77. The lowest BCUT2D eigenvalue weighted by atomic mass is 9.97. The zero-order valence-corrected chi connectivity index (χ0v) is 37.7. The van der Waals surface area contributed by atoms with Crippen molar-refractivity contribution < 1.29 is 33.4 Å². The molecule has 66 heavy (non-hydrogen) atoms. The number of imidazole rings is 2. The Morgan fingerprint density at radius 3 is 1.92 bits per heavy atom. The van der Waals surface area contributed by atoms with E-state index in [0.717, 1.165) is 79.8 Å². The molecule has 5 aromatic carbocycles. The van der Waals surface area contributed by atoms with Crippen LogP contribution in [0.15, 0.2) is 91.0 Å². The molecule has 3 aliphatic rings. The fourth-order valence-corrected chi connectivity index (χ4v) is 10.4. The van der Waals surface area contributed by atoms with Crippen LogP contribution in [0.3, 0.4) is 0 Å². The summed E-state index contributed by atoms with van der Waals surface area (Å²) in [7, 11) is 4.26. The molecule has 2 aromatic heterocycles. The molecule has 4 heterocycles. The molecule has 1 saturated carbocycles. The van der Waals surface area contributed by atoms with Crippen molar-refractivity contribution in [2.75, 3.05) is 34.5 Å². The number of amides is 4. The molecule has 7 aromatic rings. The van der Waals surface area contributed by atoms with Gasteiger partial charge in [0.05, 0.1) is 55.0 Å². The third kappa shape index (κ3) is 7.74. The van der Waals surface area contributed by atoms with Crippen molar-refractivity contribution in [1.29, 1.82) is 0 Å². The summed E-state index contributed by atoms with van der Waals surface area (Å²) in [5.41, 5.74) is 6.22. The van der Waals surface area contributed by atoms with E-state index < -0.39 is 24.3 Å². The Labute approximate surface area is 381 Å². The Hall–Kier alpha value is -7.00. The Morgan fingerprint density at radius 1 is 0.727 bits per heavy atom. The number of benzene rings is 5. The molecule has 8 atom stereocenters. The van der Waals surface area contributed by atoms with Crippen molar-refractivity contribution in [2.45, 2.75) is 69.7 Å². The summed E-state index contributed by atoms with van der Waals surface area (Å²) in [5, 5.41) is 9.71. The average molecular weight is 891 g/mol. The number of rotatable bonds is 12. The number of carbonyl (C=O) groups is 4. The number of piperidine rings is 1. The van der Waals surface area contributed by atoms with Gasteiger partial charge in [-0.15, -0.1) is 0 Å². The summed E-state index contributed by atoms with van der Waals surface area (Å²) < 4.78 is 15.3. The highest BCUT2D eigenvalue weighted by molar-refractivity contribution is 6.07. The highest BCUT2D eigenvalue weighted by Gasteiger charge is 2.56. The molecule has 15 nitrogen and oxygen atoms in total. The first-order valence-corrected chi connectivity index (χ1v) is 22.8. The van der Waals surface area contributed by atoms with Crippen LogP contribution < -0.4 is 10.6 Å². The molecular formula is C51H54N8O7. The first kappa shape index (κ1) is 42.9. The molecule has 4 amide bonds. The minimum atomic E-state index is -0.943. The maximum absolute atomic E-state index is 14.4. The Bertz CT molecular complexity index is 3000. The molecule has 0 bridgehead atoms. The lowest BCUT2D eigenvalue weighted by molar-refractivity contribution is -0.137. The zero-order chi connectivity index (χ0) is 45.8. The number of methoxy groups -OCH3 is 3. The Balaban J connectivity index is 0.924. The maximum atomic E-state index is 14.4. The van der Waals surface area contributed by atoms with Gasteiger partial charge in [-0.25, -0.2) is 19.6 Å². The van der Waals surface area contributed by atoms with Crippen LogP contribution in [0.5, 0.6) is 0 Å². The monoisotopic (exact) mass is 890 g/mol. The summed E-state index contributed by atoms with van der Waals surface area (Å²) in [6, 6.07) is 28.2. The standard InChI is InChI=1S/C51H54N8O7/c1-6-27(2)42(56-50(62)65-4)49(61)59-39-23-34(39)24-41(59)47-53-38-19-15-33-22-31(13-17-36(33)45(38)55-47)30-12-16-35-32(21-30)14-18-37-44(35)54-46(52-37)40-20-28(26-64-3)25-58(40)48(60)43(57-51(63)66-5)29-10-8-7-9-11-29/h7-19,21-22,27-28,34,39-43H,6,20,23-26H2,1-5H3,(H,52,54)(H,53,55)(H,56,62)(H,57,63)/t27-,28-,34?,39+,40-,41-,42-,43+/m0/s1. The van der Waals surface area contributed by atoms with Crippen molar-refractivity contribution in [3.63, 3.8) is 0 Å². The van der Waals surface area contributed by atoms with Crippen LogP contribution in [0, 0.1) is 17.8 Å². The van der Waals surface area contributed by atoms with E-state index in [1.807, 2.05) is 61.2 Å². The van der Waals surface area contributed by atoms with Crippen molar-refractivity contribution >= 4 is 67.6 Å². The largest absolute Gasteiger partial charge is 0.453 e. The summed E-state index contributed by atoms with van der Waals surface area (Å²) in [6.07, 6.45) is 1.88. The van der Waals surface area contributed by atoms with E-state index in [4.69, 9.17) is 24.2 Å². The molecule has 3 fully saturated rings. The van der Waals surface area contributed by atoms with Crippen LogP contribution in [-0.4, -0.2) is 100 Å². The number of hydrogen-bond donors (Lipinski definition) is 4. The van der Waals surface area contributed by atoms with Crippen molar-refractivity contribution in [2.24, 2.45) is 17.8 Å². The number of nitrogens with one attached hydrogen (secondary N) is 4. The maximum Gasteiger partial charge on any atom is 0.407 e. The van der Waals surface area contributed by atoms with Crippen LogP contribution in [-0.2, 0) is 23.8 Å². The highest BCUT2D eigenvalue weighted by Crippen LogP contribution is 2.53. The molecule has 15 heteroatoms. The quantitative estimate of drug-likeness (QED) is 0.0935. The minimum absolute atomic E-state index is 0.0636. The number of alkyl carbamates (subject to hydrolysis) is 2. The van der Waals surface area contributed by atoms with Gasteiger partial charge in [0.1, 0.15) is 23.7 Å². The van der Waals surface area contributed by atoms with E-state index in [0.29, 0.717) is 36.9 Å². The summed E-state index contributed by atoms with van der Waals surface area (Å²) in [5.74, 6) is 1.54. The van der Waals surface area contributed by atoms with Gasteiger partial charge in [-0.05, 0) is 82.8 Å². The lowest BCUT2D eigenvalue weighted by Crippen LogP contribution is -2.52. The second-order valence-corrected chi connectivity index (χ2v) is 18.1. The first-order valence-electron chi connectivity index (χ1n) is 22.8. The van der Waals surface area contributed by atoms with Crippen molar-refractivity contribution in [3.05, 3.63) is 108 Å². The van der Waals surface area contributed by atoms with Crippen LogP contribution in [0.1, 0.15) is 74.9 Å². The molecule has 4 N–H and O–H groups in total. The van der Waals surface area contributed by atoms with Gasteiger partial charge in [0.2, 0.25) is 5.91 Å².